The quantitative estimate of drug-likeness (QED) is 0.197. The number of aliphatic hydroxyl groups is 1. The number of Topliss-reactive ketones (excluding diaryl/α,β-unsaturated/α-hetero) is 1. The second-order valence-corrected chi connectivity index (χ2v) is 14.0. The molecule has 3 aliphatic carbocycles. The molecule has 45 heavy (non-hydrogen) atoms. The molecule has 9 nitrogen and oxygen atoms in total. The molecule has 2 bridgehead atoms. The lowest BCUT2D eigenvalue weighted by Crippen LogP contribution is -2.69. The van der Waals surface area contributed by atoms with Crippen molar-refractivity contribution in [2.45, 2.75) is 71.2 Å². The third-order valence-corrected chi connectivity index (χ3v) is 11.5. The molecule has 1 aromatic heterocycles. The lowest BCUT2D eigenvalue weighted by Gasteiger charge is -2.65. The molecule has 2 heterocycles. The SMILES string of the molecule is COC(=O)C[C@H]1C(C)(C)[C@H](OC(=O)/C=C/c2ccccc2)[C@@H]2C=C3[C@H](CC[C@@]4(C)[C@H](c5ccoc5)OC(=O)C[C@@]34O)[C@@]1(C)C2=O. The molecule has 6 rings (SSSR count). The van der Waals surface area contributed by atoms with Gasteiger partial charge in [0.1, 0.15) is 23.6 Å². The summed E-state index contributed by atoms with van der Waals surface area (Å²) in [6.45, 7) is 7.61. The van der Waals surface area contributed by atoms with Crippen molar-refractivity contribution < 1.29 is 42.9 Å². The third kappa shape index (κ3) is 4.61. The molecule has 2 saturated carbocycles. The summed E-state index contributed by atoms with van der Waals surface area (Å²) in [7, 11) is 1.31. The summed E-state index contributed by atoms with van der Waals surface area (Å²) >= 11 is 0. The Morgan fingerprint density at radius 2 is 1.82 bits per heavy atom. The molecule has 1 aromatic carbocycles. The molecule has 0 spiro atoms. The van der Waals surface area contributed by atoms with E-state index < -0.39 is 69.7 Å². The van der Waals surface area contributed by atoms with Crippen molar-refractivity contribution in [3.8, 4) is 0 Å². The Morgan fingerprint density at radius 3 is 2.49 bits per heavy atom. The van der Waals surface area contributed by atoms with E-state index in [9.17, 15) is 24.3 Å². The van der Waals surface area contributed by atoms with Crippen molar-refractivity contribution in [1.29, 1.82) is 0 Å². The fourth-order valence-corrected chi connectivity index (χ4v) is 9.04. The molecule has 238 valence electrons. The second kappa shape index (κ2) is 10.8. The number of cyclic esters (lactones) is 1. The fraction of sp³-hybridized carbons (Fsp3) is 0.500. The molecule has 0 radical (unpaired) electrons. The predicted octanol–water partition coefficient (Wildman–Crippen LogP) is 5.39. The van der Waals surface area contributed by atoms with Gasteiger partial charge in [-0.2, -0.15) is 0 Å². The first kappa shape index (κ1) is 31.0. The van der Waals surface area contributed by atoms with E-state index in [1.54, 1.807) is 18.2 Å². The number of benzene rings is 1. The van der Waals surface area contributed by atoms with Crippen LogP contribution in [0.15, 0.2) is 71.1 Å². The standard InChI is InChI=1S/C36H40O9/c1-33(2)26(18-28(38)42-5)35(4)24-13-15-34(3)31(22-14-16-43-20-22)45-29(39)19-36(34,41)25(24)17-23(30(35)40)32(33)44-27(37)12-11-21-9-7-6-8-10-21/h6-12,14,16-17,20,23-24,26,31-32,41H,13,15,18-19H2,1-5H3/b12-11+/t23-,24+,26+,31+,32-,34+,35-,36-/m1/s1. The summed E-state index contributed by atoms with van der Waals surface area (Å²) in [6.07, 6.45) is 6.63. The molecular weight excluding hydrogens is 576 g/mol. The summed E-state index contributed by atoms with van der Waals surface area (Å²) in [5.74, 6) is -3.78. The first-order valence-corrected chi connectivity index (χ1v) is 15.5. The molecule has 0 unspecified atom stereocenters. The van der Waals surface area contributed by atoms with E-state index in [2.05, 4.69) is 0 Å². The van der Waals surface area contributed by atoms with Crippen LogP contribution in [-0.4, -0.2) is 47.6 Å². The normalized spacial score (nSPS) is 36.8. The van der Waals surface area contributed by atoms with Gasteiger partial charge in [0.2, 0.25) is 0 Å². The van der Waals surface area contributed by atoms with Gasteiger partial charge in [-0.3, -0.25) is 14.4 Å². The molecule has 3 fully saturated rings. The van der Waals surface area contributed by atoms with Gasteiger partial charge in [0.15, 0.2) is 0 Å². The van der Waals surface area contributed by atoms with Crippen molar-refractivity contribution in [3.63, 3.8) is 0 Å². The fourth-order valence-electron chi connectivity index (χ4n) is 9.04. The van der Waals surface area contributed by atoms with Crippen LogP contribution in [0.1, 0.15) is 70.6 Å². The lowest BCUT2D eigenvalue weighted by atomic mass is 9.39. The number of ether oxygens (including phenoxy) is 3. The third-order valence-electron chi connectivity index (χ3n) is 11.5. The van der Waals surface area contributed by atoms with Crippen LogP contribution in [-0.2, 0) is 33.4 Å². The second-order valence-electron chi connectivity index (χ2n) is 14.0. The molecule has 2 aromatic rings. The predicted molar refractivity (Wildman–Crippen MR) is 162 cm³/mol. The van der Waals surface area contributed by atoms with Crippen LogP contribution in [0.2, 0.25) is 0 Å². The van der Waals surface area contributed by atoms with Gasteiger partial charge in [-0.25, -0.2) is 4.79 Å². The number of methoxy groups -OCH3 is 1. The molecule has 9 heteroatoms. The van der Waals surface area contributed by atoms with E-state index >= 15 is 0 Å². The Hall–Kier alpha value is -3.98. The molecule has 1 aliphatic heterocycles. The van der Waals surface area contributed by atoms with Gasteiger partial charge < -0.3 is 23.7 Å². The van der Waals surface area contributed by atoms with Crippen LogP contribution >= 0.6 is 0 Å². The number of furan rings is 1. The molecule has 1 N–H and O–H groups in total. The summed E-state index contributed by atoms with van der Waals surface area (Å²) in [6, 6.07) is 11.0. The van der Waals surface area contributed by atoms with Crippen molar-refractivity contribution in [2.24, 2.45) is 34.0 Å². The number of rotatable bonds is 6. The highest BCUT2D eigenvalue weighted by Gasteiger charge is 2.72. The van der Waals surface area contributed by atoms with Crippen molar-refractivity contribution in [2.75, 3.05) is 7.11 Å². The van der Waals surface area contributed by atoms with Crippen LogP contribution in [0.25, 0.3) is 6.08 Å². The largest absolute Gasteiger partial charge is 0.472 e. The summed E-state index contributed by atoms with van der Waals surface area (Å²) in [5, 5.41) is 12.7. The Balaban J connectivity index is 1.47. The first-order valence-electron chi connectivity index (χ1n) is 15.5. The number of esters is 3. The highest BCUT2D eigenvalue weighted by Crippen LogP contribution is 2.69. The van der Waals surface area contributed by atoms with Gasteiger partial charge >= 0.3 is 17.9 Å². The number of carbonyl (C=O) groups excluding carboxylic acids is 4. The molecule has 4 aliphatic rings. The Kier molecular flexibility index (Phi) is 7.46. The van der Waals surface area contributed by atoms with Gasteiger partial charge in [0, 0.05) is 34.3 Å². The summed E-state index contributed by atoms with van der Waals surface area (Å²) in [5.41, 5.74) is -2.52. The van der Waals surface area contributed by atoms with Crippen LogP contribution in [0.4, 0.5) is 0 Å². The summed E-state index contributed by atoms with van der Waals surface area (Å²) in [4.78, 5) is 53.9. The molecular formula is C36H40O9. The molecule has 0 amide bonds. The highest BCUT2D eigenvalue weighted by atomic mass is 16.6. The van der Waals surface area contributed by atoms with E-state index in [0.717, 1.165) is 5.56 Å². The van der Waals surface area contributed by atoms with Gasteiger partial charge in [0.05, 0.1) is 32.0 Å². The van der Waals surface area contributed by atoms with Gasteiger partial charge in [-0.1, -0.05) is 64.1 Å². The average Bonchev–Trinajstić information content (AvgIpc) is 3.54. The maximum absolute atomic E-state index is 14.6. The molecule has 1 saturated heterocycles. The maximum atomic E-state index is 14.6. The van der Waals surface area contributed by atoms with Crippen LogP contribution in [0, 0.1) is 34.0 Å². The van der Waals surface area contributed by atoms with Crippen molar-refractivity contribution >= 4 is 29.8 Å². The zero-order valence-electron chi connectivity index (χ0n) is 26.3. The minimum absolute atomic E-state index is 0.0778. The lowest BCUT2D eigenvalue weighted by molar-refractivity contribution is -0.223. The van der Waals surface area contributed by atoms with Crippen LogP contribution < -0.4 is 0 Å². The van der Waals surface area contributed by atoms with Gasteiger partial charge in [0.25, 0.3) is 0 Å². The van der Waals surface area contributed by atoms with Gasteiger partial charge in [-0.15, -0.1) is 0 Å². The number of hydrogen-bond acceptors (Lipinski definition) is 9. The van der Waals surface area contributed by atoms with E-state index in [0.29, 0.717) is 24.0 Å². The smallest absolute Gasteiger partial charge is 0.331 e. The van der Waals surface area contributed by atoms with Crippen molar-refractivity contribution in [1.82, 2.24) is 0 Å². The van der Waals surface area contributed by atoms with Crippen LogP contribution in [0.3, 0.4) is 0 Å². The number of hydrogen-bond donors (Lipinski definition) is 1. The van der Waals surface area contributed by atoms with E-state index in [4.69, 9.17) is 18.6 Å². The zero-order valence-corrected chi connectivity index (χ0v) is 26.3. The Labute approximate surface area is 262 Å². The number of fused-ring (bicyclic) bond motifs is 6. The first-order chi connectivity index (χ1) is 21.3. The average molecular weight is 617 g/mol. The van der Waals surface area contributed by atoms with E-state index in [-0.39, 0.29) is 18.6 Å². The minimum atomic E-state index is -1.66. The monoisotopic (exact) mass is 616 g/mol. The maximum Gasteiger partial charge on any atom is 0.331 e. The topological polar surface area (TPSA) is 129 Å². The zero-order chi connectivity index (χ0) is 32.4. The molecule has 8 atom stereocenters. The number of carbonyl (C=O) groups is 4. The van der Waals surface area contributed by atoms with Gasteiger partial charge in [-0.05, 0) is 48.0 Å². The van der Waals surface area contributed by atoms with E-state index in [1.807, 2.05) is 58.0 Å². The number of ketones is 1. The highest BCUT2D eigenvalue weighted by molar-refractivity contribution is 5.94. The Morgan fingerprint density at radius 1 is 1.09 bits per heavy atom. The summed E-state index contributed by atoms with van der Waals surface area (Å²) < 4.78 is 22.4. The van der Waals surface area contributed by atoms with E-state index in [1.165, 1.54) is 25.7 Å². The van der Waals surface area contributed by atoms with Crippen LogP contribution in [0.5, 0.6) is 0 Å². The Bertz CT molecular complexity index is 1570. The van der Waals surface area contributed by atoms with Crippen molar-refractivity contribution in [3.05, 3.63) is 77.8 Å². The minimum Gasteiger partial charge on any atom is -0.472 e.